The highest BCUT2D eigenvalue weighted by atomic mass is 16.5. The summed E-state index contributed by atoms with van der Waals surface area (Å²) in [6.07, 6.45) is 3.80. The molecular formula is C18H21N9O2. The van der Waals surface area contributed by atoms with Gasteiger partial charge in [-0.15, -0.1) is 5.10 Å². The molecule has 5 heterocycles. The van der Waals surface area contributed by atoms with Gasteiger partial charge in [-0.1, -0.05) is 5.16 Å². The third-order valence-electron chi connectivity index (χ3n) is 5.01. The number of likely N-dealkylation sites (tertiary alicyclic amines) is 1. The quantitative estimate of drug-likeness (QED) is 0.496. The van der Waals surface area contributed by atoms with Crippen molar-refractivity contribution in [3.05, 3.63) is 35.9 Å². The molecule has 1 aliphatic rings. The Morgan fingerprint density at radius 1 is 1.31 bits per heavy atom. The number of hydrogen-bond donors (Lipinski definition) is 2. The number of nitrogen functional groups attached to an aromatic ring is 1. The fraction of sp³-hybridized carbons (Fsp3) is 0.389. The first-order chi connectivity index (χ1) is 14.2. The van der Waals surface area contributed by atoms with Crippen molar-refractivity contribution in [3.8, 4) is 11.6 Å². The van der Waals surface area contributed by atoms with Gasteiger partial charge in [0.05, 0.1) is 12.0 Å². The number of nitrogens with two attached hydrogens (primary N) is 1. The smallest absolute Gasteiger partial charge is 0.259 e. The molecule has 1 atom stereocenters. The van der Waals surface area contributed by atoms with Crippen LogP contribution >= 0.6 is 0 Å². The molecule has 29 heavy (non-hydrogen) atoms. The van der Waals surface area contributed by atoms with E-state index in [0.717, 1.165) is 37.4 Å². The highest BCUT2D eigenvalue weighted by Gasteiger charge is 2.25. The summed E-state index contributed by atoms with van der Waals surface area (Å²) in [5.41, 5.74) is 7.00. The Balaban J connectivity index is 1.29. The molecule has 0 saturated carbocycles. The molecule has 0 aliphatic carbocycles. The molecule has 0 bridgehead atoms. The molecule has 1 saturated heterocycles. The Labute approximate surface area is 165 Å². The third-order valence-corrected chi connectivity index (χ3v) is 5.01. The summed E-state index contributed by atoms with van der Waals surface area (Å²) in [7, 11) is 0. The zero-order chi connectivity index (χ0) is 19.8. The van der Waals surface area contributed by atoms with Gasteiger partial charge in [0, 0.05) is 25.2 Å². The largest absolute Gasteiger partial charge is 0.461 e. The van der Waals surface area contributed by atoms with Gasteiger partial charge < -0.3 is 20.0 Å². The normalized spacial score (nSPS) is 17.3. The van der Waals surface area contributed by atoms with E-state index in [1.54, 1.807) is 18.4 Å². The summed E-state index contributed by atoms with van der Waals surface area (Å²) < 4.78 is 11.9. The van der Waals surface area contributed by atoms with Crippen LogP contribution in [0.15, 0.2) is 33.4 Å². The van der Waals surface area contributed by atoms with E-state index < -0.39 is 0 Å². The summed E-state index contributed by atoms with van der Waals surface area (Å²) in [4.78, 5) is 15.5. The topological polar surface area (TPSA) is 136 Å². The molecule has 0 unspecified atom stereocenters. The molecule has 3 N–H and O–H groups in total. The van der Waals surface area contributed by atoms with E-state index in [0.29, 0.717) is 35.9 Å². The maximum atomic E-state index is 6.05. The maximum Gasteiger partial charge on any atom is 0.259 e. The van der Waals surface area contributed by atoms with E-state index in [1.807, 2.05) is 13.0 Å². The second kappa shape index (κ2) is 7.17. The lowest BCUT2D eigenvalue weighted by molar-refractivity contribution is 0.245. The summed E-state index contributed by atoms with van der Waals surface area (Å²) in [5, 5.41) is 11.7. The van der Waals surface area contributed by atoms with Gasteiger partial charge in [0.15, 0.2) is 5.76 Å². The minimum absolute atomic E-state index is 0.212. The van der Waals surface area contributed by atoms with Crippen LogP contribution in [0.3, 0.4) is 0 Å². The number of aryl methyl sites for hydroxylation is 1. The minimum Gasteiger partial charge on any atom is -0.461 e. The van der Waals surface area contributed by atoms with E-state index in [2.05, 4.69) is 35.4 Å². The van der Waals surface area contributed by atoms with Crippen LogP contribution < -0.4 is 11.1 Å². The number of rotatable bonds is 6. The molecule has 1 fully saturated rings. The molecular weight excluding hydrogens is 374 g/mol. The van der Waals surface area contributed by atoms with E-state index >= 15 is 0 Å². The maximum absolute atomic E-state index is 6.05. The van der Waals surface area contributed by atoms with E-state index in [4.69, 9.17) is 14.7 Å². The molecule has 4 aromatic rings. The van der Waals surface area contributed by atoms with Gasteiger partial charge in [0.1, 0.15) is 5.76 Å². The summed E-state index contributed by atoms with van der Waals surface area (Å²) >= 11 is 0. The highest BCUT2D eigenvalue weighted by Crippen LogP contribution is 2.21. The third kappa shape index (κ3) is 3.51. The fourth-order valence-corrected chi connectivity index (χ4v) is 3.64. The van der Waals surface area contributed by atoms with Gasteiger partial charge in [-0.05, 0) is 38.4 Å². The molecule has 11 heteroatoms. The second-order valence-corrected chi connectivity index (χ2v) is 7.11. The predicted molar refractivity (Wildman–Crippen MR) is 104 cm³/mol. The van der Waals surface area contributed by atoms with Gasteiger partial charge >= 0.3 is 0 Å². The highest BCUT2D eigenvalue weighted by molar-refractivity contribution is 5.52. The van der Waals surface area contributed by atoms with Crippen LogP contribution in [0.25, 0.3) is 17.4 Å². The molecule has 0 spiro atoms. The van der Waals surface area contributed by atoms with Crippen LogP contribution in [0, 0.1) is 6.92 Å². The van der Waals surface area contributed by atoms with Crippen LogP contribution in [-0.2, 0) is 6.54 Å². The van der Waals surface area contributed by atoms with E-state index in [-0.39, 0.29) is 5.95 Å². The Kier molecular flexibility index (Phi) is 4.35. The zero-order valence-electron chi connectivity index (χ0n) is 15.9. The molecule has 11 nitrogen and oxygen atoms in total. The molecule has 0 radical (unpaired) electrons. The summed E-state index contributed by atoms with van der Waals surface area (Å²) in [6, 6.07) is 5.88. The van der Waals surface area contributed by atoms with Gasteiger partial charge in [-0.3, -0.25) is 4.90 Å². The Hall–Kier alpha value is -3.47. The monoisotopic (exact) mass is 395 g/mol. The molecule has 0 aromatic carbocycles. The van der Waals surface area contributed by atoms with Crippen LogP contribution in [0.1, 0.15) is 24.3 Å². The summed E-state index contributed by atoms with van der Waals surface area (Å²) in [6.45, 7) is 4.39. The second-order valence-electron chi connectivity index (χ2n) is 7.11. The van der Waals surface area contributed by atoms with Crippen molar-refractivity contribution in [2.24, 2.45) is 0 Å². The lowest BCUT2D eigenvalue weighted by Crippen LogP contribution is -2.35. The summed E-state index contributed by atoms with van der Waals surface area (Å²) in [5.74, 6) is 2.80. The number of nitrogens with zero attached hydrogens (tertiary/aromatic N) is 7. The first-order valence-electron chi connectivity index (χ1n) is 9.50. The van der Waals surface area contributed by atoms with Crippen LogP contribution in [0.2, 0.25) is 0 Å². The SMILES string of the molecule is Cc1cc(CN2CCC[C@H]2CNc2nc(N)n3nc(-c4ccco4)nc3n2)no1. The van der Waals surface area contributed by atoms with Gasteiger partial charge in [-0.2, -0.15) is 19.5 Å². The van der Waals surface area contributed by atoms with Crippen LogP contribution in [-0.4, -0.2) is 53.8 Å². The Bertz CT molecular complexity index is 1120. The van der Waals surface area contributed by atoms with Gasteiger partial charge in [-0.25, -0.2) is 0 Å². The van der Waals surface area contributed by atoms with E-state index in [1.165, 1.54) is 4.52 Å². The predicted octanol–water partition coefficient (Wildman–Crippen LogP) is 1.73. The molecule has 4 aromatic heterocycles. The van der Waals surface area contributed by atoms with Crippen LogP contribution in [0.5, 0.6) is 0 Å². The van der Waals surface area contributed by atoms with Crippen molar-refractivity contribution in [2.45, 2.75) is 32.4 Å². The van der Waals surface area contributed by atoms with E-state index in [9.17, 15) is 0 Å². The molecule has 1 aliphatic heterocycles. The van der Waals surface area contributed by atoms with Crippen molar-refractivity contribution >= 4 is 17.7 Å². The van der Waals surface area contributed by atoms with Crippen molar-refractivity contribution < 1.29 is 8.94 Å². The number of aromatic nitrogens is 6. The number of furan rings is 1. The number of anilines is 2. The Morgan fingerprint density at radius 2 is 2.24 bits per heavy atom. The van der Waals surface area contributed by atoms with Crippen molar-refractivity contribution in [2.75, 3.05) is 24.1 Å². The lowest BCUT2D eigenvalue weighted by atomic mass is 10.2. The average molecular weight is 395 g/mol. The number of nitrogens with one attached hydrogen (secondary N) is 1. The molecule has 0 amide bonds. The molecule has 150 valence electrons. The first kappa shape index (κ1) is 17.6. The van der Waals surface area contributed by atoms with Crippen LogP contribution in [0.4, 0.5) is 11.9 Å². The zero-order valence-corrected chi connectivity index (χ0v) is 15.9. The standard InChI is InChI=1S/C18H21N9O2/c1-11-8-12(25-29-11)10-26-6-2-4-13(26)9-20-17-22-16(19)27-18(23-17)21-15(24-27)14-5-3-7-28-14/h3,5,7-8,13H,2,4,6,9-10H2,1H3,(H3,19,20,21,22,23,24)/t13-/m0/s1. The van der Waals surface area contributed by atoms with Gasteiger partial charge in [0.25, 0.3) is 5.78 Å². The number of hydrogen-bond acceptors (Lipinski definition) is 10. The van der Waals surface area contributed by atoms with Crippen molar-refractivity contribution in [1.29, 1.82) is 0 Å². The fourth-order valence-electron chi connectivity index (χ4n) is 3.64. The minimum atomic E-state index is 0.212. The van der Waals surface area contributed by atoms with Crippen molar-refractivity contribution in [3.63, 3.8) is 0 Å². The van der Waals surface area contributed by atoms with Gasteiger partial charge in [0.2, 0.25) is 17.7 Å². The first-order valence-corrected chi connectivity index (χ1v) is 9.50. The Morgan fingerprint density at radius 3 is 3.03 bits per heavy atom. The lowest BCUT2D eigenvalue weighted by Gasteiger charge is -2.23. The molecule has 5 rings (SSSR count). The average Bonchev–Trinajstić information content (AvgIpc) is 3.48. The van der Waals surface area contributed by atoms with Crippen molar-refractivity contribution in [1.82, 2.24) is 34.6 Å². The number of fused-ring (bicyclic) bond motifs is 1.